The molecule has 1 aliphatic heterocycles. The van der Waals surface area contributed by atoms with Crippen molar-refractivity contribution in [2.24, 2.45) is 10.8 Å². The fraction of sp³-hybridized carbons (Fsp3) is 0.917. The van der Waals surface area contributed by atoms with E-state index >= 15 is 0 Å². The van der Waals surface area contributed by atoms with Crippen LogP contribution in [0, 0.1) is 10.8 Å². The number of carbonyl (C=O) groups excluding carboxylic acids is 1. The predicted octanol–water partition coefficient (Wildman–Crippen LogP) is 2.24. The van der Waals surface area contributed by atoms with E-state index in [1.807, 2.05) is 0 Å². The second-order valence-corrected chi connectivity index (χ2v) is 5.54. The largest absolute Gasteiger partial charge is 0.356 e. The van der Waals surface area contributed by atoms with E-state index in [4.69, 9.17) is 0 Å². The quantitative estimate of drug-likeness (QED) is 0.628. The maximum atomic E-state index is 11.2. The Labute approximate surface area is 85.4 Å². The van der Waals surface area contributed by atoms with Crippen LogP contribution in [0.5, 0.6) is 0 Å². The first kappa shape index (κ1) is 8.75. The van der Waals surface area contributed by atoms with E-state index in [0.29, 0.717) is 10.8 Å². The van der Waals surface area contributed by atoms with Gasteiger partial charge in [0.2, 0.25) is 5.91 Å². The normalized spacial score (nSPS) is 39.9. The van der Waals surface area contributed by atoms with E-state index in [1.54, 1.807) is 0 Å². The SMILES string of the molecule is O=C1CCC2(CCCC23CCC3)CN1. The Bertz CT molecular complexity index is 257. The van der Waals surface area contributed by atoms with Gasteiger partial charge in [-0.05, 0) is 42.9 Å². The highest BCUT2D eigenvalue weighted by Crippen LogP contribution is 2.65. The first-order chi connectivity index (χ1) is 6.77. The predicted molar refractivity (Wildman–Crippen MR) is 54.8 cm³/mol. The molecule has 3 fully saturated rings. The molecule has 14 heavy (non-hydrogen) atoms. The summed E-state index contributed by atoms with van der Waals surface area (Å²) in [4.78, 5) is 11.2. The van der Waals surface area contributed by atoms with Crippen LogP contribution >= 0.6 is 0 Å². The number of hydrogen-bond donors (Lipinski definition) is 1. The Morgan fingerprint density at radius 1 is 0.929 bits per heavy atom. The zero-order valence-corrected chi connectivity index (χ0v) is 8.77. The lowest BCUT2D eigenvalue weighted by Crippen LogP contribution is -2.53. The molecule has 1 N–H and O–H groups in total. The van der Waals surface area contributed by atoms with Crippen molar-refractivity contribution < 1.29 is 4.79 Å². The van der Waals surface area contributed by atoms with Gasteiger partial charge >= 0.3 is 0 Å². The highest BCUT2D eigenvalue weighted by molar-refractivity contribution is 5.76. The summed E-state index contributed by atoms with van der Waals surface area (Å²) < 4.78 is 0. The van der Waals surface area contributed by atoms with E-state index < -0.39 is 0 Å². The average molecular weight is 193 g/mol. The minimum atomic E-state index is 0.275. The van der Waals surface area contributed by atoms with Crippen molar-refractivity contribution in [3.8, 4) is 0 Å². The minimum Gasteiger partial charge on any atom is -0.356 e. The molecular weight excluding hydrogens is 174 g/mol. The monoisotopic (exact) mass is 193 g/mol. The fourth-order valence-corrected chi connectivity index (χ4v) is 4.14. The smallest absolute Gasteiger partial charge is 0.220 e. The van der Waals surface area contributed by atoms with Crippen molar-refractivity contribution in [2.45, 2.75) is 51.4 Å². The molecule has 1 unspecified atom stereocenters. The van der Waals surface area contributed by atoms with Gasteiger partial charge in [-0.2, -0.15) is 0 Å². The molecule has 0 aromatic rings. The first-order valence-electron chi connectivity index (χ1n) is 6.03. The molecule has 2 saturated carbocycles. The molecule has 1 heterocycles. The standard InChI is InChI=1S/C12H19NO/c14-10-3-8-12(9-13-10)7-2-6-11(12)4-1-5-11/h1-9H2,(H,13,14). The van der Waals surface area contributed by atoms with Crippen LogP contribution in [0.1, 0.15) is 51.4 Å². The van der Waals surface area contributed by atoms with Crippen LogP contribution < -0.4 is 5.32 Å². The van der Waals surface area contributed by atoms with Gasteiger partial charge in [0.25, 0.3) is 0 Å². The number of amides is 1. The summed E-state index contributed by atoms with van der Waals surface area (Å²) >= 11 is 0. The third kappa shape index (κ3) is 0.945. The first-order valence-corrected chi connectivity index (χ1v) is 6.03. The van der Waals surface area contributed by atoms with Gasteiger partial charge in [-0.25, -0.2) is 0 Å². The van der Waals surface area contributed by atoms with Crippen molar-refractivity contribution in [2.75, 3.05) is 6.54 Å². The Hall–Kier alpha value is -0.530. The summed E-state index contributed by atoms with van der Waals surface area (Å²) in [6.07, 6.45) is 10.4. The van der Waals surface area contributed by atoms with E-state index in [2.05, 4.69) is 5.32 Å². The third-order valence-electron chi connectivity index (χ3n) is 5.20. The summed E-state index contributed by atoms with van der Waals surface area (Å²) in [6.45, 7) is 0.978. The van der Waals surface area contributed by atoms with Gasteiger partial charge in [-0.1, -0.05) is 12.8 Å². The molecule has 0 aromatic heterocycles. The van der Waals surface area contributed by atoms with Crippen LogP contribution in [0.4, 0.5) is 0 Å². The molecule has 2 aliphatic carbocycles. The van der Waals surface area contributed by atoms with Crippen molar-refractivity contribution in [3.63, 3.8) is 0 Å². The molecule has 78 valence electrons. The lowest BCUT2D eigenvalue weighted by molar-refractivity contribution is -0.128. The lowest BCUT2D eigenvalue weighted by Gasteiger charge is -2.54. The minimum absolute atomic E-state index is 0.275. The topological polar surface area (TPSA) is 29.1 Å². The van der Waals surface area contributed by atoms with Crippen LogP contribution in [-0.4, -0.2) is 12.5 Å². The van der Waals surface area contributed by atoms with Gasteiger partial charge in [0.05, 0.1) is 0 Å². The second kappa shape index (κ2) is 2.74. The summed E-state index contributed by atoms with van der Waals surface area (Å²) in [5.74, 6) is 0.275. The van der Waals surface area contributed by atoms with Crippen molar-refractivity contribution >= 4 is 5.91 Å². The molecule has 0 aromatic carbocycles. The van der Waals surface area contributed by atoms with Crippen LogP contribution in [0.2, 0.25) is 0 Å². The van der Waals surface area contributed by atoms with Gasteiger partial charge in [0.1, 0.15) is 0 Å². The molecule has 0 radical (unpaired) electrons. The van der Waals surface area contributed by atoms with Crippen molar-refractivity contribution in [1.29, 1.82) is 0 Å². The molecule has 1 saturated heterocycles. The zero-order chi connectivity index (χ0) is 9.65. The highest BCUT2D eigenvalue weighted by atomic mass is 16.1. The number of piperidine rings is 1. The molecule has 1 atom stereocenters. The van der Waals surface area contributed by atoms with Crippen LogP contribution in [0.25, 0.3) is 0 Å². The molecule has 0 bridgehead atoms. The highest BCUT2D eigenvalue weighted by Gasteiger charge is 2.57. The zero-order valence-electron chi connectivity index (χ0n) is 8.77. The summed E-state index contributed by atoms with van der Waals surface area (Å²) in [7, 11) is 0. The Balaban J connectivity index is 1.84. The van der Waals surface area contributed by atoms with Crippen LogP contribution in [-0.2, 0) is 4.79 Å². The lowest BCUT2D eigenvalue weighted by atomic mass is 9.52. The maximum absolute atomic E-state index is 11.2. The van der Waals surface area contributed by atoms with Gasteiger partial charge in [0.15, 0.2) is 0 Å². The molecule has 2 nitrogen and oxygen atoms in total. The van der Waals surface area contributed by atoms with E-state index in [9.17, 15) is 4.79 Å². The van der Waals surface area contributed by atoms with E-state index in [0.717, 1.165) is 13.0 Å². The molecule has 2 spiro atoms. The molecular formula is C12H19NO. The van der Waals surface area contributed by atoms with Crippen LogP contribution in [0.3, 0.4) is 0 Å². The molecule has 3 aliphatic rings. The molecule has 1 amide bonds. The van der Waals surface area contributed by atoms with Crippen LogP contribution in [0.15, 0.2) is 0 Å². The number of carbonyl (C=O) groups is 1. The average Bonchev–Trinajstić information content (AvgIpc) is 2.49. The fourth-order valence-electron chi connectivity index (χ4n) is 4.14. The molecule has 2 heteroatoms. The Kier molecular flexibility index (Phi) is 1.71. The number of hydrogen-bond acceptors (Lipinski definition) is 1. The molecule has 3 rings (SSSR count). The second-order valence-electron chi connectivity index (χ2n) is 5.54. The Morgan fingerprint density at radius 3 is 2.14 bits per heavy atom. The number of fused-ring (bicyclic) bond motifs is 1. The maximum Gasteiger partial charge on any atom is 0.220 e. The summed E-state index contributed by atoms with van der Waals surface area (Å²) in [5.41, 5.74) is 1.17. The Morgan fingerprint density at radius 2 is 1.57 bits per heavy atom. The van der Waals surface area contributed by atoms with Gasteiger partial charge in [-0.15, -0.1) is 0 Å². The number of nitrogens with one attached hydrogen (secondary N) is 1. The third-order valence-corrected chi connectivity index (χ3v) is 5.20. The van der Waals surface area contributed by atoms with Gasteiger partial charge < -0.3 is 5.32 Å². The number of rotatable bonds is 0. The van der Waals surface area contributed by atoms with Crippen molar-refractivity contribution in [3.05, 3.63) is 0 Å². The van der Waals surface area contributed by atoms with Crippen molar-refractivity contribution in [1.82, 2.24) is 5.32 Å². The summed E-state index contributed by atoms with van der Waals surface area (Å²) in [5, 5.41) is 3.10. The van der Waals surface area contributed by atoms with E-state index in [-0.39, 0.29) is 5.91 Å². The van der Waals surface area contributed by atoms with Gasteiger partial charge in [0, 0.05) is 13.0 Å². The van der Waals surface area contributed by atoms with Gasteiger partial charge in [-0.3, -0.25) is 4.79 Å². The summed E-state index contributed by atoms with van der Waals surface area (Å²) in [6, 6.07) is 0. The van der Waals surface area contributed by atoms with E-state index in [1.165, 1.54) is 44.9 Å².